The van der Waals surface area contributed by atoms with Gasteiger partial charge < -0.3 is 5.32 Å². The molecular formula is C24H29N5O. The molecule has 2 aromatic heterocycles. The summed E-state index contributed by atoms with van der Waals surface area (Å²) in [6, 6.07) is 14.8. The zero-order valence-corrected chi connectivity index (χ0v) is 17.7. The van der Waals surface area contributed by atoms with Gasteiger partial charge in [0, 0.05) is 25.3 Å². The number of piperidine rings is 1. The van der Waals surface area contributed by atoms with E-state index in [9.17, 15) is 4.79 Å². The van der Waals surface area contributed by atoms with Crippen molar-refractivity contribution in [1.82, 2.24) is 25.0 Å². The highest BCUT2D eigenvalue weighted by Gasteiger charge is 2.18. The average Bonchev–Trinajstić information content (AvgIpc) is 3.16. The summed E-state index contributed by atoms with van der Waals surface area (Å²) in [4.78, 5) is 19.5. The first-order chi connectivity index (χ1) is 14.6. The smallest absolute Gasteiger partial charge is 0.255 e. The molecule has 1 amide bonds. The number of carbonyl (C=O) groups excluding carboxylic acids is 1. The first-order valence-corrected chi connectivity index (χ1v) is 10.7. The third-order valence-corrected chi connectivity index (χ3v) is 5.92. The second-order valence-electron chi connectivity index (χ2n) is 8.06. The van der Waals surface area contributed by atoms with Crippen LogP contribution in [0.25, 0.3) is 5.82 Å². The lowest BCUT2D eigenvalue weighted by molar-refractivity contribution is 0.0950. The molecule has 0 aliphatic carbocycles. The fraction of sp³-hybridized carbons (Fsp3) is 0.375. The zero-order chi connectivity index (χ0) is 20.9. The zero-order valence-electron chi connectivity index (χ0n) is 17.7. The van der Waals surface area contributed by atoms with E-state index in [0.717, 1.165) is 17.8 Å². The van der Waals surface area contributed by atoms with Crippen molar-refractivity contribution in [1.29, 1.82) is 0 Å². The Morgan fingerprint density at radius 2 is 1.93 bits per heavy atom. The van der Waals surface area contributed by atoms with Crippen LogP contribution in [0.5, 0.6) is 0 Å². The predicted molar refractivity (Wildman–Crippen MR) is 117 cm³/mol. The van der Waals surface area contributed by atoms with E-state index in [4.69, 9.17) is 0 Å². The molecule has 1 fully saturated rings. The van der Waals surface area contributed by atoms with E-state index in [-0.39, 0.29) is 5.91 Å². The maximum Gasteiger partial charge on any atom is 0.255 e. The molecule has 4 rings (SSSR count). The van der Waals surface area contributed by atoms with Gasteiger partial charge in [-0.2, -0.15) is 5.10 Å². The van der Waals surface area contributed by atoms with E-state index >= 15 is 0 Å². The minimum atomic E-state index is -0.124. The Labute approximate surface area is 177 Å². The Kier molecular flexibility index (Phi) is 6.23. The second kappa shape index (κ2) is 9.22. The fourth-order valence-corrected chi connectivity index (χ4v) is 4.01. The van der Waals surface area contributed by atoms with Crippen LogP contribution in [0, 0.1) is 6.92 Å². The van der Waals surface area contributed by atoms with Crippen LogP contribution in [0.4, 0.5) is 0 Å². The predicted octanol–water partition coefficient (Wildman–Crippen LogP) is 3.88. The van der Waals surface area contributed by atoms with E-state index in [2.05, 4.69) is 51.5 Å². The van der Waals surface area contributed by atoms with E-state index in [1.165, 1.54) is 31.4 Å². The molecular weight excluding hydrogens is 374 g/mol. The number of nitrogens with zero attached hydrogens (tertiary/aromatic N) is 4. The van der Waals surface area contributed by atoms with Gasteiger partial charge in [-0.05, 0) is 56.5 Å². The van der Waals surface area contributed by atoms with E-state index in [0.29, 0.717) is 24.0 Å². The van der Waals surface area contributed by atoms with Crippen molar-refractivity contribution >= 4 is 5.91 Å². The second-order valence-corrected chi connectivity index (χ2v) is 8.06. The summed E-state index contributed by atoms with van der Waals surface area (Å²) >= 11 is 0. The number of carbonyl (C=O) groups is 1. The molecule has 6 heteroatoms. The Morgan fingerprint density at radius 3 is 2.67 bits per heavy atom. The SMILES string of the molecule is Cc1c(C(=O)NCc2ccc(CN3CCCCC3C)cc2)cnn1-c1ccccn1. The van der Waals surface area contributed by atoms with Gasteiger partial charge in [-0.3, -0.25) is 9.69 Å². The van der Waals surface area contributed by atoms with Crippen LogP contribution in [0.3, 0.4) is 0 Å². The standard InChI is InChI=1S/C24H29N5O/c1-18-7-4-6-14-28(18)17-21-11-9-20(10-12-21)15-26-24(30)22-16-27-29(19(22)2)23-8-3-5-13-25-23/h3,5,8-13,16,18H,4,6-7,14-15,17H2,1-2H3,(H,26,30). The van der Waals surface area contributed by atoms with Crippen molar-refractivity contribution in [2.45, 2.75) is 52.2 Å². The van der Waals surface area contributed by atoms with Crippen molar-refractivity contribution in [2.75, 3.05) is 6.54 Å². The van der Waals surface area contributed by atoms with Crippen LogP contribution in [-0.4, -0.2) is 38.2 Å². The molecule has 156 valence electrons. The summed E-state index contributed by atoms with van der Waals surface area (Å²) in [6.45, 7) is 6.88. The van der Waals surface area contributed by atoms with Crippen LogP contribution in [0.1, 0.15) is 53.4 Å². The third kappa shape index (κ3) is 4.60. The molecule has 1 unspecified atom stereocenters. The molecule has 1 saturated heterocycles. The van der Waals surface area contributed by atoms with Crippen molar-refractivity contribution in [2.24, 2.45) is 0 Å². The number of nitrogens with one attached hydrogen (secondary N) is 1. The van der Waals surface area contributed by atoms with Gasteiger partial charge in [0.15, 0.2) is 5.82 Å². The van der Waals surface area contributed by atoms with E-state index < -0.39 is 0 Å². The first-order valence-electron chi connectivity index (χ1n) is 10.7. The minimum Gasteiger partial charge on any atom is -0.348 e. The topological polar surface area (TPSA) is 63.1 Å². The number of likely N-dealkylation sites (tertiary alicyclic amines) is 1. The van der Waals surface area contributed by atoms with Gasteiger partial charge in [0.1, 0.15) is 0 Å². The Balaban J connectivity index is 1.35. The van der Waals surface area contributed by atoms with Gasteiger partial charge in [0.2, 0.25) is 0 Å². The van der Waals surface area contributed by atoms with Gasteiger partial charge in [0.25, 0.3) is 5.91 Å². The van der Waals surface area contributed by atoms with Gasteiger partial charge in [-0.25, -0.2) is 9.67 Å². The molecule has 0 bridgehead atoms. The molecule has 3 heterocycles. The van der Waals surface area contributed by atoms with Crippen LogP contribution in [0.2, 0.25) is 0 Å². The summed E-state index contributed by atoms with van der Waals surface area (Å²) in [5, 5.41) is 7.33. The molecule has 1 N–H and O–H groups in total. The molecule has 0 saturated carbocycles. The summed E-state index contributed by atoms with van der Waals surface area (Å²) in [7, 11) is 0. The number of rotatable bonds is 6. The van der Waals surface area contributed by atoms with Gasteiger partial charge in [-0.1, -0.05) is 36.8 Å². The number of aromatic nitrogens is 3. The highest BCUT2D eigenvalue weighted by molar-refractivity contribution is 5.95. The van der Waals surface area contributed by atoms with E-state index in [1.807, 2.05) is 25.1 Å². The maximum absolute atomic E-state index is 12.7. The highest BCUT2D eigenvalue weighted by atomic mass is 16.1. The van der Waals surface area contributed by atoms with Crippen molar-refractivity contribution in [3.05, 3.63) is 77.2 Å². The van der Waals surface area contributed by atoms with Crippen molar-refractivity contribution in [3.63, 3.8) is 0 Å². The monoisotopic (exact) mass is 403 g/mol. The number of amides is 1. The van der Waals surface area contributed by atoms with E-state index in [1.54, 1.807) is 17.1 Å². The number of benzene rings is 1. The molecule has 1 aliphatic rings. The van der Waals surface area contributed by atoms with Crippen molar-refractivity contribution < 1.29 is 4.79 Å². The summed E-state index contributed by atoms with van der Waals surface area (Å²) in [6.07, 6.45) is 7.25. The highest BCUT2D eigenvalue weighted by Crippen LogP contribution is 2.19. The lowest BCUT2D eigenvalue weighted by Gasteiger charge is -2.33. The molecule has 3 aromatic rings. The number of pyridine rings is 1. The summed E-state index contributed by atoms with van der Waals surface area (Å²) in [5.41, 5.74) is 3.76. The molecule has 30 heavy (non-hydrogen) atoms. The lowest BCUT2D eigenvalue weighted by Crippen LogP contribution is -2.36. The van der Waals surface area contributed by atoms with Crippen molar-refractivity contribution in [3.8, 4) is 5.82 Å². The Morgan fingerprint density at radius 1 is 1.13 bits per heavy atom. The summed E-state index contributed by atoms with van der Waals surface area (Å²) < 4.78 is 1.69. The van der Waals surface area contributed by atoms with Crippen LogP contribution >= 0.6 is 0 Å². The summed E-state index contributed by atoms with van der Waals surface area (Å²) in [5.74, 6) is 0.577. The van der Waals surface area contributed by atoms with Crippen LogP contribution < -0.4 is 5.32 Å². The van der Waals surface area contributed by atoms with Crippen LogP contribution in [-0.2, 0) is 13.1 Å². The van der Waals surface area contributed by atoms with Gasteiger partial charge in [-0.15, -0.1) is 0 Å². The molecule has 1 atom stereocenters. The molecule has 0 spiro atoms. The minimum absolute atomic E-state index is 0.124. The molecule has 6 nitrogen and oxygen atoms in total. The number of hydrogen-bond acceptors (Lipinski definition) is 4. The fourth-order valence-electron chi connectivity index (χ4n) is 4.01. The van der Waals surface area contributed by atoms with Gasteiger partial charge >= 0.3 is 0 Å². The normalized spacial score (nSPS) is 17.1. The number of hydrogen-bond donors (Lipinski definition) is 1. The molecule has 0 radical (unpaired) electrons. The average molecular weight is 404 g/mol. The Bertz CT molecular complexity index is 981. The molecule has 1 aromatic carbocycles. The first kappa shape index (κ1) is 20.3. The maximum atomic E-state index is 12.7. The lowest BCUT2D eigenvalue weighted by atomic mass is 10.0. The quantitative estimate of drug-likeness (QED) is 0.678. The molecule has 1 aliphatic heterocycles. The van der Waals surface area contributed by atoms with Gasteiger partial charge in [0.05, 0.1) is 17.5 Å². The third-order valence-electron chi connectivity index (χ3n) is 5.92. The Hall–Kier alpha value is -2.99. The van der Waals surface area contributed by atoms with Crippen LogP contribution in [0.15, 0.2) is 54.9 Å². The largest absolute Gasteiger partial charge is 0.348 e.